The predicted molar refractivity (Wildman–Crippen MR) is 127 cm³/mol. The summed E-state index contributed by atoms with van der Waals surface area (Å²) in [5.41, 5.74) is 3.07. The van der Waals surface area contributed by atoms with E-state index in [0.29, 0.717) is 19.0 Å². The van der Waals surface area contributed by atoms with Gasteiger partial charge >= 0.3 is 0 Å². The molecule has 2 heterocycles. The quantitative estimate of drug-likeness (QED) is 0.291. The maximum atomic E-state index is 5.31. The van der Waals surface area contributed by atoms with Crippen LogP contribution in [0.5, 0.6) is 5.88 Å². The first kappa shape index (κ1) is 22.7. The summed E-state index contributed by atoms with van der Waals surface area (Å²) in [6.45, 7) is 3.93. The number of H-pyrrole nitrogens is 1. The maximum Gasteiger partial charge on any atom is 0.218 e. The van der Waals surface area contributed by atoms with Gasteiger partial charge < -0.3 is 19.9 Å². The molecule has 0 amide bonds. The number of halogens is 1. The molecular formula is C21H27IN6O. The highest BCUT2D eigenvalue weighted by molar-refractivity contribution is 14.0. The first-order chi connectivity index (χ1) is 13.7. The molecule has 1 aromatic carbocycles. The molecule has 3 rings (SSSR count). The largest absolute Gasteiger partial charge is 0.481 e. The van der Waals surface area contributed by atoms with Gasteiger partial charge in [-0.2, -0.15) is 0 Å². The van der Waals surface area contributed by atoms with E-state index in [1.165, 1.54) is 0 Å². The third-order valence-corrected chi connectivity index (χ3v) is 4.24. The molecule has 0 saturated carbocycles. The molecule has 2 aromatic heterocycles. The van der Waals surface area contributed by atoms with Gasteiger partial charge in [0.05, 0.1) is 32.1 Å². The molecule has 0 atom stereocenters. The van der Waals surface area contributed by atoms with Crippen LogP contribution in [0.2, 0.25) is 0 Å². The van der Waals surface area contributed by atoms with E-state index < -0.39 is 0 Å². The van der Waals surface area contributed by atoms with Crippen molar-refractivity contribution in [2.75, 3.05) is 20.7 Å². The maximum absolute atomic E-state index is 5.31. The van der Waals surface area contributed by atoms with Crippen molar-refractivity contribution >= 4 is 29.9 Å². The van der Waals surface area contributed by atoms with Gasteiger partial charge in [-0.25, -0.2) is 15.0 Å². The molecule has 0 unspecified atom stereocenters. The number of aromatic nitrogens is 3. The van der Waals surface area contributed by atoms with Gasteiger partial charge in [0.15, 0.2) is 5.96 Å². The molecule has 0 aliphatic rings. The topological polar surface area (TPSA) is 78.4 Å². The number of rotatable bonds is 7. The second kappa shape index (κ2) is 11.4. The van der Waals surface area contributed by atoms with E-state index in [2.05, 4.69) is 39.3 Å². The fourth-order valence-electron chi connectivity index (χ4n) is 2.86. The van der Waals surface area contributed by atoms with E-state index in [1.54, 1.807) is 13.3 Å². The van der Waals surface area contributed by atoms with Gasteiger partial charge in [0.2, 0.25) is 5.88 Å². The molecule has 2 N–H and O–H groups in total. The summed E-state index contributed by atoms with van der Waals surface area (Å²) in [4.78, 5) is 18.9. The van der Waals surface area contributed by atoms with E-state index in [1.807, 2.05) is 48.5 Å². The molecule has 3 aromatic rings. The van der Waals surface area contributed by atoms with Gasteiger partial charge in [0.25, 0.3) is 0 Å². The number of imidazole rings is 1. The molecule has 0 radical (unpaired) electrons. The third-order valence-electron chi connectivity index (χ3n) is 4.24. The Hall–Kier alpha value is -2.62. The highest BCUT2D eigenvalue weighted by Crippen LogP contribution is 2.17. The van der Waals surface area contributed by atoms with Crippen LogP contribution < -0.4 is 10.1 Å². The summed E-state index contributed by atoms with van der Waals surface area (Å²) in [5, 5.41) is 3.32. The minimum atomic E-state index is 0. The number of hydrogen-bond donors (Lipinski definition) is 2. The van der Waals surface area contributed by atoms with Gasteiger partial charge in [-0.1, -0.05) is 36.4 Å². The summed E-state index contributed by atoms with van der Waals surface area (Å²) in [6, 6.07) is 14.0. The number of benzene rings is 1. The number of hydrogen-bond acceptors (Lipinski definition) is 4. The van der Waals surface area contributed by atoms with Crippen molar-refractivity contribution in [3.63, 3.8) is 0 Å². The monoisotopic (exact) mass is 506 g/mol. The number of pyridine rings is 1. The highest BCUT2D eigenvalue weighted by atomic mass is 127. The molecule has 0 aliphatic heterocycles. The Morgan fingerprint density at radius 3 is 2.69 bits per heavy atom. The van der Waals surface area contributed by atoms with Crippen LogP contribution in [-0.4, -0.2) is 46.5 Å². The summed E-state index contributed by atoms with van der Waals surface area (Å²) >= 11 is 0. The van der Waals surface area contributed by atoms with Crippen LogP contribution in [0, 0.1) is 0 Å². The lowest BCUT2D eigenvalue weighted by molar-refractivity contribution is 0.392. The zero-order valence-electron chi connectivity index (χ0n) is 16.9. The predicted octanol–water partition coefficient (Wildman–Crippen LogP) is 3.70. The van der Waals surface area contributed by atoms with Crippen LogP contribution in [0.1, 0.15) is 18.3 Å². The number of ether oxygens (including phenoxy) is 1. The molecule has 0 spiro atoms. The van der Waals surface area contributed by atoms with Gasteiger partial charge in [-0.05, 0) is 18.6 Å². The molecule has 29 heavy (non-hydrogen) atoms. The molecular weight excluding hydrogens is 479 g/mol. The SMILES string of the molecule is CCNC(=NCc1cccnc1OC)N(C)Cc1ncc(-c2ccccc2)[nH]1.I. The van der Waals surface area contributed by atoms with Crippen LogP contribution in [-0.2, 0) is 13.1 Å². The molecule has 0 saturated heterocycles. The molecule has 7 nitrogen and oxygen atoms in total. The lowest BCUT2D eigenvalue weighted by atomic mass is 10.2. The summed E-state index contributed by atoms with van der Waals surface area (Å²) < 4.78 is 5.31. The minimum Gasteiger partial charge on any atom is -0.481 e. The van der Waals surface area contributed by atoms with Crippen LogP contribution >= 0.6 is 24.0 Å². The first-order valence-electron chi connectivity index (χ1n) is 9.28. The summed E-state index contributed by atoms with van der Waals surface area (Å²) in [7, 11) is 3.61. The number of aromatic amines is 1. The van der Waals surface area contributed by atoms with Crippen LogP contribution in [0.25, 0.3) is 11.3 Å². The van der Waals surface area contributed by atoms with Crippen molar-refractivity contribution in [2.45, 2.75) is 20.0 Å². The van der Waals surface area contributed by atoms with Crippen LogP contribution in [0.4, 0.5) is 0 Å². The van der Waals surface area contributed by atoms with Crippen molar-refractivity contribution in [2.24, 2.45) is 4.99 Å². The number of nitrogens with one attached hydrogen (secondary N) is 2. The van der Waals surface area contributed by atoms with Gasteiger partial charge in [0, 0.05) is 25.4 Å². The second-order valence-corrected chi connectivity index (χ2v) is 6.31. The highest BCUT2D eigenvalue weighted by Gasteiger charge is 2.11. The summed E-state index contributed by atoms with van der Waals surface area (Å²) in [6.07, 6.45) is 3.58. The molecule has 0 aliphatic carbocycles. The van der Waals surface area contributed by atoms with Gasteiger partial charge in [0.1, 0.15) is 5.82 Å². The van der Waals surface area contributed by atoms with Crippen LogP contribution in [0.3, 0.4) is 0 Å². The Morgan fingerprint density at radius 1 is 1.17 bits per heavy atom. The average molecular weight is 506 g/mol. The molecule has 0 bridgehead atoms. The van der Waals surface area contributed by atoms with E-state index in [9.17, 15) is 0 Å². The Balaban J connectivity index is 0.00000300. The number of methoxy groups -OCH3 is 1. The average Bonchev–Trinajstić information content (AvgIpc) is 3.20. The standard InChI is InChI=1S/C21H26N6O.HI/c1-4-22-21(25-13-17-11-8-12-23-20(17)28-3)27(2)15-19-24-14-18(26-19)16-9-6-5-7-10-16;/h5-12,14H,4,13,15H2,1-3H3,(H,22,25)(H,24,26);1H. The van der Waals surface area contributed by atoms with Crippen molar-refractivity contribution in [3.05, 3.63) is 66.2 Å². The zero-order valence-corrected chi connectivity index (χ0v) is 19.3. The van der Waals surface area contributed by atoms with E-state index in [-0.39, 0.29) is 24.0 Å². The van der Waals surface area contributed by atoms with Crippen molar-refractivity contribution < 1.29 is 4.74 Å². The molecule has 0 fully saturated rings. The fourth-order valence-corrected chi connectivity index (χ4v) is 2.86. The Labute approximate surface area is 188 Å². The minimum absolute atomic E-state index is 0. The van der Waals surface area contributed by atoms with Crippen molar-refractivity contribution in [1.82, 2.24) is 25.2 Å². The van der Waals surface area contributed by atoms with Gasteiger partial charge in [-0.3, -0.25) is 0 Å². The number of aliphatic imine (C=N–C) groups is 1. The van der Waals surface area contributed by atoms with E-state index in [0.717, 1.165) is 35.1 Å². The Bertz CT molecular complexity index is 912. The Morgan fingerprint density at radius 2 is 1.97 bits per heavy atom. The molecule has 8 heteroatoms. The van der Waals surface area contributed by atoms with Crippen molar-refractivity contribution in [1.29, 1.82) is 0 Å². The summed E-state index contributed by atoms with van der Waals surface area (Å²) in [5.74, 6) is 2.28. The zero-order chi connectivity index (χ0) is 19.8. The number of guanidine groups is 1. The lowest BCUT2D eigenvalue weighted by Gasteiger charge is -2.21. The smallest absolute Gasteiger partial charge is 0.218 e. The van der Waals surface area contributed by atoms with E-state index >= 15 is 0 Å². The lowest BCUT2D eigenvalue weighted by Crippen LogP contribution is -2.38. The van der Waals surface area contributed by atoms with Crippen LogP contribution in [0.15, 0.2) is 59.9 Å². The van der Waals surface area contributed by atoms with Gasteiger partial charge in [-0.15, -0.1) is 24.0 Å². The normalized spacial score (nSPS) is 10.9. The van der Waals surface area contributed by atoms with E-state index in [4.69, 9.17) is 9.73 Å². The second-order valence-electron chi connectivity index (χ2n) is 6.31. The first-order valence-corrected chi connectivity index (χ1v) is 9.28. The van der Waals surface area contributed by atoms with Crippen molar-refractivity contribution in [3.8, 4) is 17.1 Å². The number of nitrogens with zero attached hydrogens (tertiary/aromatic N) is 4. The third kappa shape index (κ3) is 6.18. The fraction of sp³-hybridized carbons (Fsp3) is 0.286. The Kier molecular flexibility index (Phi) is 8.91. The molecule has 154 valence electrons.